The number of allylic oxidation sites excluding steroid dienone is 7. The number of hydrogen-bond donors (Lipinski definition) is 6. The average Bonchev–Trinajstić information content (AvgIpc) is 3.53. The second kappa shape index (κ2) is 21.9. The topological polar surface area (TPSA) is 141 Å². The van der Waals surface area contributed by atoms with Crippen molar-refractivity contribution >= 4 is 6.29 Å². The summed E-state index contributed by atoms with van der Waals surface area (Å²) in [6.07, 6.45) is 15.8. The minimum absolute atomic E-state index is 0.00367. The van der Waals surface area contributed by atoms with E-state index in [0.717, 1.165) is 55.2 Å². The molecule has 6 N–H and O–H groups in total. The Morgan fingerprint density at radius 2 is 1.93 bits per heavy atom. The number of carbonyl (C=O) groups excluding carboxylic acids is 1. The molecule has 0 unspecified atom stereocenters. The Balaban J connectivity index is 1.66. The molecule has 56 heavy (non-hydrogen) atoms. The summed E-state index contributed by atoms with van der Waals surface area (Å²) in [5.74, 6) is -0.380. The average molecular weight is 777 g/mol. The minimum Gasteiger partial charge on any atom is -0.396 e. The lowest BCUT2D eigenvalue weighted by molar-refractivity contribution is -0.180. The van der Waals surface area contributed by atoms with E-state index in [2.05, 4.69) is 67.5 Å². The molecule has 0 aromatic heterocycles. The van der Waals surface area contributed by atoms with Crippen LogP contribution in [-0.2, 0) is 27.1 Å². The number of aldehydes is 1. The van der Waals surface area contributed by atoms with Gasteiger partial charge >= 0.3 is 0 Å². The van der Waals surface area contributed by atoms with E-state index in [1.54, 1.807) is 7.11 Å². The minimum atomic E-state index is -1.17. The van der Waals surface area contributed by atoms with Gasteiger partial charge in [0.05, 0.1) is 31.5 Å². The van der Waals surface area contributed by atoms with Crippen LogP contribution in [0, 0.1) is 23.2 Å². The van der Waals surface area contributed by atoms with Gasteiger partial charge in [-0.05, 0) is 139 Å². The SMILES string of the molecule is C=C(C=CC=C(COCCO)[C@H]1CC[C@]2([C@@H]1O)[C@@H](CCCO)C(=C(C)C=O)CC[C@]2(O)CCNC)[C@@H]1CC=C(C)CN[C@@](C)(CCOC)Cc2cccc(c2)C1. The van der Waals surface area contributed by atoms with Gasteiger partial charge in [0, 0.05) is 43.7 Å². The second-order valence-corrected chi connectivity index (χ2v) is 17.1. The molecule has 2 aliphatic carbocycles. The molecule has 1 aromatic carbocycles. The first-order chi connectivity index (χ1) is 26.9. The molecule has 312 valence electrons. The number of carbonyl (C=O) groups is 1. The Kier molecular flexibility index (Phi) is 17.9. The monoisotopic (exact) mass is 777 g/mol. The lowest BCUT2D eigenvalue weighted by atomic mass is 9.51. The maximum Gasteiger partial charge on any atom is 0.145 e. The molecule has 1 heterocycles. The Morgan fingerprint density at radius 3 is 2.64 bits per heavy atom. The van der Waals surface area contributed by atoms with Crippen molar-refractivity contribution < 1.29 is 34.7 Å². The number of hydrogen-bond acceptors (Lipinski definition) is 9. The highest BCUT2D eigenvalue weighted by Crippen LogP contribution is 2.64. The summed E-state index contributed by atoms with van der Waals surface area (Å²) in [5, 5.41) is 51.8. The van der Waals surface area contributed by atoms with Gasteiger partial charge in [0.1, 0.15) is 6.29 Å². The van der Waals surface area contributed by atoms with Gasteiger partial charge in [0.15, 0.2) is 0 Å². The molecule has 4 rings (SSSR count). The zero-order valence-corrected chi connectivity index (χ0v) is 35.0. The summed E-state index contributed by atoms with van der Waals surface area (Å²) in [7, 11) is 3.62. The lowest BCUT2D eigenvalue weighted by Crippen LogP contribution is -2.61. The van der Waals surface area contributed by atoms with Crippen molar-refractivity contribution in [1.29, 1.82) is 0 Å². The second-order valence-electron chi connectivity index (χ2n) is 17.1. The fourth-order valence-electron chi connectivity index (χ4n) is 9.95. The van der Waals surface area contributed by atoms with Crippen LogP contribution in [0.15, 0.2) is 83.0 Å². The Bertz CT molecular complexity index is 1570. The number of methoxy groups -OCH3 is 1. The fourth-order valence-corrected chi connectivity index (χ4v) is 9.95. The van der Waals surface area contributed by atoms with Crippen LogP contribution in [0.2, 0.25) is 0 Å². The van der Waals surface area contributed by atoms with E-state index in [-0.39, 0.29) is 49.7 Å². The molecule has 7 atom stereocenters. The molecule has 2 saturated carbocycles. The lowest BCUT2D eigenvalue weighted by Gasteiger charge is -2.57. The van der Waals surface area contributed by atoms with Crippen LogP contribution in [-0.4, -0.2) is 104 Å². The third-order valence-corrected chi connectivity index (χ3v) is 13.2. The number of fused-ring (bicyclic) bond motifs is 2. The summed E-state index contributed by atoms with van der Waals surface area (Å²) in [4.78, 5) is 12.1. The normalized spacial score (nSPS) is 31.2. The molecule has 0 amide bonds. The summed E-state index contributed by atoms with van der Waals surface area (Å²) < 4.78 is 11.4. The van der Waals surface area contributed by atoms with Gasteiger partial charge in [0.2, 0.25) is 0 Å². The van der Waals surface area contributed by atoms with E-state index in [4.69, 9.17) is 9.47 Å². The summed E-state index contributed by atoms with van der Waals surface area (Å²) in [6.45, 7) is 13.2. The van der Waals surface area contributed by atoms with E-state index in [9.17, 15) is 25.2 Å². The van der Waals surface area contributed by atoms with Gasteiger partial charge < -0.3 is 40.5 Å². The largest absolute Gasteiger partial charge is 0.396 e. The number of aliphatic hydroxyl groups is 4. The molecule has 1 aliphatic heterocycles. The van der Waals surface area contributed by atoms with E-state index in [1.165, 1.54) is 16.7 Å². The third kappa shape index (κ3) is 11.3. The summed E-state index contributed by atoms with van der Waals surface area (Å²) in [6, 6.07) is 8.91. The van der Waals surface area contributed by atoms with Crippen LogP contribution < -0.4 is 10.6 Å². The first kappa shape index (κ1) is 46.0. The van der Waals surface area contributed by atoms with E-state index >= 15 is 0 Å². The molecule has 1 spiro atoms. The predicted molar refractivity (Wildman–Crippen MR) is 225 cm³/mol. The summed E-state index contributed by atoms with van der Waals surface area (Å²) in [5.41, 5.74) is 5.27. The molecule has 0 radical (unpaired) electrons. The molecule has 3 aliphatic rings. The van der Waals surface area contributed by atoms with Crippen molar-refractivity contribution in [2.45, 2.75) is 109 Å². The van der Waals surface area contributed by atoms with Gasteiger partial charge in [-0.1, -0.05) is 71.9 Å². The van der Waals surface area contributed by atoms with Crippen LogP contribution in [0.4, 0.5) is 0 Å². The number of benzene rings is 1. The van der Waals surface area contributed by atoms with Crippen LogP contribution in [0.25, 0.3) is 0 Å². The molecule has 1 aromatic rings. The highest BCUT2D eigenvalue weighted by molar-refractivity contribution is 5.74. The van der Waals surface area contributed by atoms with Crippen molar-refractivity contribution in [2.24, 2.45) is 23.2 Å². The van der Waals surface area contributed by atoms with Crippen molar-refractivity contribution in [3.05, 3.63) is 94.1 Å². The van der Waals surface area contributed by atoms with Gasteiger partial charge in [0.25, 0.3) is 0 Å². The van der Waals surface area contributed by atoms with E-state index in [0.29, 0.717) is 63.7 Å². The molecule has 2 fully saturated rings. The Labute approximate surface area is 337 Å². The van der Waals surface area contributed by atoms with Crippen LogP contribution >= 0.6 is 0 Å². The Morgan fingerprint density at radius 1 is 1.14 bits per heavy atom. The zero-order chi connectivity index (χ0) is 40.8. The van der Waals surface area contributed by atoms with Crippen LogP contribution in [0.1, 0.15) is 89.7 Å². The highest BCUT2D eigenvalue weighted by atomic mass is 16.5. The smallest absolute Gasteiger partial charge is 0.145 e. The predicted octanol–water partition coefficient (Wildman–Crippen LogP) is 5.97. The van der Waals surface area contributed by atoms with Crippen molar-refractivity contribution in [2.75, 3.05) is 60.3 Å². The maximum atomic E-state index is 12.6. The first-order valence-electron chi connectivity index (χ1n) is 20.9. The van der Waals surface area contributed by atoms with Crippen molar-refractivity contribution in [1.82, 2.24) is 10.6 Å². The molecule has 9 heteroatoms. The van der Waals surface area contributed by atoms with Crippen molar-refractivity contribution in [3.8, 4) is 0 Å². The number of rotatable bonds is 18. The zero-order valence-electron chi connectivity index (χ0n) is 35.0. The van der Waals surface area contributed by atoms with Gasteiger partial charge in [-0.2, -0.15) is 0 Å². The highest BCUT2D eigenvalue weighted by Gasteiger charge is 2.65. The number of aliphatic hydroxyl groups excluding tert-OH is 3. The summed E-state index contributed by atoms with van der Waals surface area (Å²) >= 11 is 0. The van der Waals surface area contributed by atoms with Gasteiger partial charge in [-0.25, -0.2) is 0 Å². The van der Waals surface area contributed by atoms with Gasteiger partial charge in [-0.15, -0.1) is 0 Å². The molecular formula is C47H72N2O7. The molecule has 9 nitrogen and oxygen atoms in total. The van der Waals surface area contributed by atoms with E-state index < -0.39 is 17.1 Å². The van der Waals surface area contributed by atoms with E-state index in [1.807, 2.05) is 26.1 Å². The first-order valence-corrected chi connectivity index (χ1v) is 20.9. The third-order valence-electron chi connectivity index (χ3n) is 13.2. The molecule has 2 bridgehead atoms. The number of ether oxygens (including phenoxy) is 2. The maximum absolute atomic E-state index is 12.6. The molecule has 0 saturated heterocycles. The van der Waals surface area contributed by atoms with Gasteiger partial charge in [-0.3, -0.25) is 4.79 Å². The van der Waals surface area contributed by atoms with Crippen LogP contribution in [0.3, 0.4) is 0 Å². The Hall–Kier alpha value is -2.73. The standard InChI is InChI=1S/C47H72N2O7/c1-34-15-16-39(29-37-11-8-12-38(28-37)30-45(4,49-31-34)22-26-55-6)35(2)10-7-13-40(33-56-27-25-51)42-18-20-47(44(42)53)43(14-9-24-50)41(36(3)32-52)17-19-46(47,54)21-23-48-5/h7-8,10-13,15,28,32,39,42-44,48-51,53-54H,2,9,14,16-27,29-31,33H2,1,3-6H3/t39-,42-,43+,44-,45+,46+,47-/m1/s1. The fraction of sp³-hybridized carbons (Fsp3) is 0.638. The quantitative estimate of drug-likeness (QED) is 0.0350. The van der Waals surface area contributed by atoms with Crippen LogP contribution in [0.5, 0.6) is 0 Å². The van der Waals surface area contributed by atoms with Crippen molar-refractivity contribution in [3.63, 3.8) is 0 Å². The molecular weight excluding hydrogens is 705 g/mol. The number of nitrogens with one attached hydrogen (secondary N) is 2.